The molecular weight excluding hydrogens is 303 g/mol. The van der Waals surface area contributed by atoms with E-state index in [0.717, 1.165) is 12.1 Å². The molecule has 0 saturated carbocycles. The van der Waals surface area contributed by atoms with E-state index in [1.165, 1.54) is 19.1 Å². The molecule has 1 aromatic rings. The van der Waals surface area contributed by atoms with E-state index in [9.17, 15) is 22.8 Å². The van der Waals surface area contributed by atoms with Crippen LogP contribution in [0.5, 0.6) is 5.75 Å². The van der Waals surface area contributed by atoms with Gasteiger partial charge in [-0.2, -0.15) is 13.2 Å². The number of aliphatic carboxylic acids is 1. The van der Waals surface area contributed by atoms with Crippen molar-refractivity contribution in [2.45, 2.75) is 32.0 Å². The van der Waals surface area contributed by atoms with Gasteiger partial charge in [-0.25, -0.2) is 4.79 Å². The molecule has 0 aliphatic heterocycles. The van der Waals surface area contributed by atoms with Gasteiger partial charge in [0.2, 0.25) is 0 Å². The number of halogens is 3. The van der Waals surface area contributed by atoms with E-state index in [1.54, 1.807) is 6.92 Å². The Labute approximate surface area is 125 Å². The minimum atomic E-state index is -4.61. The third-order valence-electron chi connectivity index (χ3n) is 3.15. The molecule has 0 fully saturated rings. The van der Waals surface area contributed by atoms with E-state index >= 15 is 0 Å². The van der Waals surface area contributed by atoms with Crippen molar-refractivity contribution in [1.29, 1.82) is 0 Å². The molecule has 8 heteroatoms. The number of benzene rings is 1. The summed E-state index contributed by atoms with van der Waals surface area (Å²) >= 11 is 0. The summed E-state index contributed by atoms with van der Waals surface area (Å²) in [7, 11) is 0. The zero-order chi connectivity index (χ0) is 17.0. The van der Waals surface area contributed by atoms with Crippen molar-refractivity contribution in [3.8, 4) is 5.75 Å². The molecule has 22 heavy (non-hydrogen) atoms. The monoisotopic (exact) mass is 319 g/mol. The number of para-hydroxylation sites is 1. The Morgan fingerprint density at radius 2 is 1.86 bits per heavy atom. The van der Waals surface area contributed by atoms with E-state index < -0.39 is 41.5 Å². The van der Waals surface area contributed by atoms with E-state index in [1.807, 2.05) is 0 Å². The van der Waals surface area contributed by atoms with Crippen LogP contribution in [0.25, 0.3) is 0 Å². The second-order valence-electron chi connectivity index (χ2n) is 4.82. The molecule has 1 amide bonds. The normalized spacial score (nSPS) is 14.0. The Balaban J connectivity index is 2.76. The molecule has 1 rings (SSSR count). The van der Waals surface area contributed by atoms with Gasteiger partial charge in [-0.3, -0.25) is 4.79 Å². The maximum atomic E-state index is 12.7. The third-order valence-corrected chi connectivity index (χ3v) is 3.15. The number of alkyl halides is 3. The average molecular weight is 319 g/mol. The smallest absolute Gasteiger partial charge is 0.419 e. The highest BCUT2D eigenvalue weighted by atomic mass is 19.4. The number of ether oxygens (including phenoxy) is 1. The van der Waals surface area contributed by atoms with Gasteiger partial charge in [0.15, 0.2) is 6.61 Å². The van der Waals surface area contributed by atoms with Gasteiger partial charge in [0, 0.05) is 0 Å². The zero-order valence-corrected chi connectivity index (χ0v) is 12.0. The summed E-state index contributed by atoms with van der Waals surface area (Å²) in [6, 6.07) is 4.47. The highest BCUT2D eigenvalue weighted by Gasteiger charge is 2.35. The first-order chi connectivity index (χ1) is 10.1. The zero-order valence-electron chi connectivity index (χ0n) is 12.0. The number of carboxylic acids is 1. The summed E-state index contributed by atoms with van der Waals surface area (Å²) < 4.78 is 43.1. The minimum absolute atomic E-state index is 0.118. The Morgan fingerprint density at radius 1 is 1.27 bits per heavy atom. The number of carboxylic acid groups (broad SMARTS) is 1. The van der Waals surface area contributed by atoms with Crippen LogP contribution < -0.4 is 10.1 Å². The van der Waals surface area contributed by atoms with Gasteiger partial charge in [0.1, 0.15) is 11.3 Å². The van der Waals surface area contributed by atoms with Crippen LogP contribution in [0.3, 0.4) is 0 Å². The Kier molecular flexibility index (Phi) is 5.40. The summed E-state index contributed by atoms with van der Waals surface area (Å²) in [6.45, 7) is 2.15. The molecular formula is C14H16F3NO4. The van der Waals surface area contributed by atoms with E-state index in [4.69, 9.17) is 9.84 Å². The van der Waals surface area contributed by atoms with Gasteiger partial charge in [0.25, 0.3) is 5.91 Å². The molecule has 0 spiro atoms. The first-order valence-corrected chi connectivity index (χ1v) is 6.43. The van der Waals surface area contributed by atoms with Crippen molar-refractivity contribution >= 4 is 11.9 Å². The minimum Gasteiger partial charge on any atom is -0.483 e. The van der Waals surface area contributed by atoms with Crippen LogP contribution >= 0.6 is 0 Å². The summed E-state index contributed by atoms with van der Waals surface area (Å²) in [6.07, 6.45) is -4.49. The van der Waals surface area contributed by atoms with Gasteiger partial charge < -0.3 is 15.2 Å². The molecule has 0 aromatic heterocycles. The molecule has 1 unspecified atom stereocenters. The van der Waals surface area contributed by atoms with E-state index in [0.29, 0.717) is 0 Å². The highest BCUT2D eigenvalue weighted by Crippen LogP contribution is 2.35. The molecule has 0 aliphatic rings. The van der Waals surface area contributed by atoms with E-state index in [-0.39, 0.29) is 6.42 Å². The van der Waals surface area contributed by atoms with Crippen molar-refractivity contribution < 1.29 is 32.6 Å². The second kappa shape index (κ2) is 6.67. The van der Waals surface area contributed by atoms with Crippen molar-refractivity contribution in [3.63, 3.8) is 0 Å². The van der Waals surface area contributed by atoms with E-state index in [2.05, 4.69) is 5.32 Å². The molecule has 2 N–H and O–H groups in total. The fourth-order valence-electron chi connectivity index (χ4n) is 1.61. The standard InChI is InChI=1S/C14H16F3NO4/c1-3-13(2,12(20)21)18-11(19)8-22-10-7-5-4-6-9(10)14(15,16)17/h4-7H,3,8H2,1-2H3,(H,18,19)(H,20,21). The molecule has 122 valence electrons. The van der Waals surface area contributed by atoms with Crippen molar-refractivity contribution in [2.24, 2.45) is 0 Å². The van der Waals surface area contributed by atoms with Crippen molar-refractivity contribution in [1.82, 2.24) is 5.32 Å². The Bertz CT molecular complexity index is 559. The third kappa shape index (κ3) is 4.37. The fourth-order valence-corrected chi connectivity index (χ4v) is 1.61. The molecule has 0 bridgehead atoms. The molecule has 0 aliphatic carbocycles. The van der Waals surface area contributed by atoms with Gasteiger partial charge in [-0.1, -0.05) is 19.1 Å². The van der Waals surface area contributed by atoms with Gasteiger partial charge in [-0.05, 0) is 25.5 Å². The quantitative estimate of drug-likeness (QED) is 0.844. The van der Waals surface area contributed by atoms with Crippen molar-refractivity contribution in [3.05, 3.63) is 29.8 Å². The van der Waals surface area contributed by atoms with Crippen LogP contribution in [0, 0.1) is 0 Å². The Hall–Kier alpha value is -2.25. The molecule has 0 saturated heterocycles. The number of amides is 1. The lowest BCUT2D eigenvalue weighted by Gasteiger charge is -2.24. The summed E-state index contributed by atoms with van der Waals surface area (Å²) in [4.78, 5) is 22.7. The average Bonchev–Trinajstić information content (AvgIpc) is 2.44. The maximum absolute atomic E-state index is 12.7. The summed E-state index contributed by atoms with van der Waals surface area (Å²) in [5.74, 6) is -2.54. The predicted octanol–water partition coefficient (Wildman–Crippen LogP) is 2.45. The molecule has 1 atom stereocenters. The number of nitrogens with one attached hydrogen (secondary N) is 1. The van der Waals surface area contributed by atoms with Gasteiger partial charge >= 0.3 is 12.1 Å². The molecule has 5 nitrogen and oxygen atoms in total. The van der Waals surface area contributed by atoms with Crippen LogP contribution in [0.15, 0.2) is 24.3 Å². The summed E-state index contributed by atoms with van der Waals surface area (Å²) in [5, 5.41) is 11.2. The fraction of sp³-hybridized carbons (Fsp3) is 0.429. The van der Waals surface area contributed by atoms with Crippen molar-refractivity contribution in [2.75, 3.05) is 6.61 Å². The predicted molar refractivity (Wildman–Crippen MR) is 71.4 cm³/mol. The first-order valence-electron chi connectivity index (χ1n) is 6.43. The van der Waals surface area contributed by atoms with Crippen LogP contribution in [-0.2, 0) is 15.8 Å². The van der Waals surface area contributed by atoms with Gasteiger partial charge in [0.05, 0.1) is 5.56 Å². The number of hydrogen-bond acceptors (Lipinski definition) is 3. The molecule has 0 heterocycles. The van der Waals surface area contributed by atoms with Crippen LogP contribution in [-0.4, -0.2) is 29.1 Å². The van der Waals surface area contributed by atoms with Crippen LogP contribution in [0.2, 0.25) is 0 Å². The summed E-state index contributed by atoms with van der Waals surface area (Å²) in [5.41, 5.74) is -2.50. The first kappa shape index (κ1) is 17.8. The molecule has 0 radical (unpaired) electrons. The maximum Gasteiger partial charge on any atom is 0.419 e. The topological polar surface area (TPSA) is 75.6 Å². The van der Waals surface area contributed by atoms with Crippen LogP contribution in [0.4, 0.5) is 13.2 Å². The number of hydrogen-bond donors (Lipinski definition) is 2. The lowest BCUT2D eigenvalue weighted by Crippen LogP contribution is -2.53. The number of carbonyl (C=O) groups excluding carboxylic acids is 1. The Morgan fingerprint density at radius 3 is 2.36 bits per heavy atom. The lowest BCUT2D eigenvalue weighted by atomic mass is 9.99. The second-order valence-corrected chi connectivity index (χ2v) is 4.82. The van der Waals surface area contributed by atoms with Gasteiger partial charge in [-0.15, -0.1) is 0 Å². The number of rotatable bonds is 6. The SMILES string of the molecule is CCC(C)(NC(=O)COc1ccccc1C(F)(F)F)C(=O)O. The van der Waals surface area contributed by atoms with Crippen LogP contribution in [0.1, 0.15) is 25.8 Å². The lowest BCUT2D eigenvalue weighted by molar-refractivity contribution is -0.147. The highest BCUT2D eigenvalue weighted by molar-refractivity contribution is 5.87. The molecule has 1 aromatic carbocycles. The number of carbonyl (C=O) groups is 2. The largest absolute Gasteiger partial charge is 0.483 e.